The van der Waals surface area contributed by atoms with Gasteiger partial charge < -0.3 is 19.9 Å². The number of aromatic nitrogens is 4. The highest BCUT2D eigenvalue weighted by atomic mass is 14.8. The molecule has 8 aromatic rings. The molecule has 4 aromatic heterocycles. The molecule has 5 heterocycles. The van der Waals surface area contributed by atoms with Crippen LogP contribution in [0.2, 0.25) is 0 Å². The Morgan fingerprint density at radius 2 is 0.426 bits per heavy atom. The molecule has 0 amide bonds. The maximum atomic E-state index is 3.96. The van der Waals surface area contributed by atoms with Gasteiger partial charge in [-0.25, -0.2) is 0 Å². The fraction of sp³-hybridized carbons (Fsp3) is 0.312. The van der Waals surface area contributed by atoms with Crippen molar-refractivity contribution in [2.45, 2.75) is 134 Å². The van der Waals surface area contributed by atoms with Gasteiger partial charge in [0.15, 0.2) is 0 Å². The minimum atomic E-state index is 1.06. The summed E-state index contributed by atoms with van der Waals surface area (Å²) in [6.45, 7) is 25.0. The molecule has 68 heavy (non-hydrogen) atoms. The maximum absolute atomic E-state index is 3.96. The zero-order chi connectivity index (χ0) is 49.0. The van der Waals surface area contributed by atoms with Crippen molar-refractivity contribution >= 4 is 22.3 Å². The van der Waals surface area contributed by atoms with Gasteiger partial charge in [0, 0.05) is 66.5 Å². The van der Waals surface area contributed by atoms with Crippen molar-refractivity contribution in [1.82, 2.24) is 19.9 Å². The molecule has 0 saturated carbocycles. The molecule has 0 fully saturated rings. The standard InChI is InChI=1S/C56H56N4.4C2H6/c1-5-9-37-13-21-41(22-14-37)53-45-29-31-47(57-45)54(42-23-15-38(10-6-2)16-24-42)49-33-35-51(59-49)56(44-27-19-40(12-8-4)20-28-44)52-36-34-50(60-52)55(48-32-30-46(53)58-48)43-25-17-39(11-7-3)18-26-43;4*1-2/h13-36,57-60H,5-12H2,1-4H3;4*1-2H3. The summed E-state index contributed by atoms with van der Waals surface area (Å²) >= 11 is 0. The van der Waals surface area contributed by atoms with Gasteiger partial charge in [-0.2, -0.15) is 0 Å². The molecule has 356 valence electrons. The molecule has 9 rings (SSSR count). The van der Waals surface area contributed by atoms with Crippen LogP contribution < -0.4 is 21.4 Å². The van der Waals surface area contributed by atoms with Crippen LogP contribution in [0.1, 0.15) is 176 Å². The Bertz CT molecular complexity index is 2580. The van der Waals surface area contributed by atoms with Crippen LogP contribution in [0.3, 0.4) is 0 Å². The van der Waals surface area contributed by atoms with Crippen LogP contribution >= 0.6 is 0 Å². The van der Waals surface area contributed by atoms with Crippen LogP contribution in [0.15, 0.2) is 146 Å². The van der Waals surface area contributed by atoms with Gasteiger partial charge in [-0.05, 0) is 119 Å². The quantitative estimate of drug-likeness (QED) is 0.0944. The minimum absolute atomic E-state index is 1.06. The first-order chi connectivity index (χ1) is 33.5. The third-order valence-corrected chi connectivity index (χ3v) is 12.0. The molecular formula is C64H80N4. The number of rotatable bonds is 12. The number of hydrogen-bond acceptors (Lipinski definition) is 0. The third-order valence-electron chi connectivity index (χ3n) is 12.0. The van der Waals surface area contributed by atoms with Gasteiger partial charge in [-0.3, -0.25) is 0 Å². The summed E-state index contributed by atoms with van der Waals surface area (Å²) in [6, 6.07) is 54.6. The van der Waals surface area contributed by atoms with Crippen LogP contribution in [-0.4, -0.2) is 19.9 Å². The number of H-pyrrole nitrogens is 4. The van der Waals surface area contributed by atoms with Crippen molar-refractivity contribution in [2.75, 3.05) is 0 Å². The van der Waals surface area contributed by atoms with E-state index in [4.69, 9.17) is 0 Å². The lowest BCUT2D eigenvalue weighted by atomic mass is 10.00. The van der Waals surface area contributed by atoms with Crippen LogP contribution in [0.25, 0.3) is 22.3 Å². The highest BCUT2D eigenvalue weighted by molar-refractivity contribution is 5.85. The van der Waals surface area contributed by atoms with Crippen LogP contribution in [0.5, 0.6) is 0 Å². The molecule has 1 aliphatic heterocycles. The van der Waals surface area contributed by atoms with Gasteiger partial charge in [-0.15, -0.1) is 0 Å². The molecule has 4 nitrogen and oxygen atoms in total. The first-order valence-electron chi connectivity index (χ1n) is 26.2. The van der Waals surface area contributed by atoms with Gasteiger partial charge in [-0.1, -0.05) is 206 Å². The van der Waals surface area contributed by atoms with Crippen molar-refractivity contribution in [3.8, 4) is 0 Å². The SMILES string of the molecule is CC.CC.CC.CC.CCCc1ccc(C2=c3ccc([nH]3)=C(c3ccc(CCC)cc3)c3ccc([nH]3)C(c3ccc(CCC)cc3)=c3ccc([nH]3)=C(c3ccc(CCC)cc3)c3ccc2[nH]3)cc1. The summed E-state index contributed by atoms with van der Waals surface area (Å²) in [7, 11) is 0. The van der Waals surface area contributed by atoms with Crippen molar-refractivity contribution in [3.63, 3.8) is 0 Å². The van der Waals surface area contributed by atoms with E-state index in [2.05, 4.69) is 193 Å². The second kappa shape index (κ2) is 26.7. The molecule has 1 aliphatic rings. The second-order valence-electron chi connectivity index (χ2n) is 16.4. The van der Waals surface area contributed by atoms with Gasteiger partial charge in [0.25, 0.3) is 0 Å². The van der Waals surface area contributed by atoms with Crippen LogP contribution in [0, 0.1) is 0 Å². The highest BCUT2D eigenvalue weighted by Crippen LogP contribution is 2.29. The monoisotopic (exact) mass is 905 g/mol. The molecule has 0 spiro atoms. The number of aromatic amines is 4. The maximum Gasteiger partial charge on any atom is 0.0485 e. The predicted octanol–water partition coefficient (Wildman–Crippen LogP) is 14.2. The van der Waals surface area contributed by atoms with Crippen molar-refractivity contribution in [1.29, 1.82) is 0 Å². The molecule has 0 radical (unpaired) electrons. The smallest absolute Gasteiger partial charge is 0.0485 e. The Kier molecular flexibility index (Phi) is 20.6. The van der Waals surface area contributed by atoms with Crippen LogP contribution in [0.4, 0.5) is 0 Å². The number of hydrogen-bond donors (Lipinski definition) is 4. The average Bonchev–Trinajstić information content (AvgIpc) is 4.25. The summed E-state index contributed by atoms with van der Waals surface area (Å²) < 4.78 is 0. The molecule has 4 heteroatoms. The van der Waals surface area contributed by atoms with E-state index in [0.717, 1.165) is 118 Å². The zero-order valence-corrected chi connectivity index (χ0v) is 43.5. The lowest BCUT2D eigenvalue weighted by molar-refractivity contribution is 0.921. The Morgan fingerprint density at radius 3 is 0.603 bits per heavy atom. The van der Waals surface area contributed by atoms with E-state index >= 15 is 0 Å². The minimum Gasteiger partial charge on any atom is -0.354 e. The lowest BCUT2D eigenvalue weighted by Gasteiger charge is -2.11. The molecule has 8 bridgehead atoms. The predicted molar refractivity (Wildman–Crippen MR) is 295 cm³/mol. The topological polar surface area (TPSA) is 63.2 Å². The van der Waals surface area contributed by atoms with E-state index in [1.54, 1.807) is 0 Å². The average molecular weight is 905 g/mol. The number of aryl methyl sites for hydroxylation is 4. The number of nitrogens with one attached hydrogen (secondary N) is 4. The molecule has 0 saturated heterocycles. The summed E-state index contributed by atoms with van der Waals surface area (Å²) in [4.78, 5) is 15.8. The molecule has 0 atom stereocenters. The lowest BCUT2D eigenvalue weighted by Crippen LogP contribution is -2.19. The van der Waals surface area contributed by atoms with Gasteiger partial charge in [0.1, 0.15) is 0 Å². The molecule has 4 N–H and O–H groups in total. The van der Waals surface area contributed by atoms with E-state index in [9.17, 15) is 0 Å². The van der Waals surface area contributed by atoms with Gasteiger partial charge in [0.2, 0.25) is 0 Å². The first kappa shape index (κ1) is 52.4. The van der Waals surface area contributed by atoms with Crippen molar-refractivity contribution in [3.05, 3.63) is 234 Å². The third kappa shape index (κ3) is 12.1. The zero-order valence-electron chi connectivity index (χ0n) is 43.5. The van der Waals surface area contributed by atoms with E-state index in [1.165, 1.54) is 44.5 Å². The van der Waals surface area contributed by atoms with E-state index in [1.807, 2.05) is 55.4 Å². The fourth-order valence-electron chi connectivity index (χ4n) is 9.08. The Labute approximate surface area is 409 Å². The van der Waals surface area contributed by atoms with E-state index < -0.39 is 0 Å². The largest absolute Gasteiger partial charge is 0.354 e. The number of fused-ring (bicyclic) bond motifs is 8. The normalized spacial score (nSPS) is 11.6. The molecule has 0 unspecified atom stereocenters. The van der Waals surface area contributed by atoms with Gasteiger partial charge in [0.05, 0.1) is 0 Å². The van der Waals surface area contributed by atoms with Gasteiger partial charge >= 0.3 is 0 Å². The summed E-state index contributed by atoms with van der Waals surface area (Å²) in [5, 5.41) is 4.25. The van der Waals surface area contributed by atoms with E-state index in [0.29, 0.717) is 0 Å². The highest BCUT2D eigenvalue weighted by Gasteiger charge is 2.19. The fourth-order valence-corrected chi connectivity index (χ4v) is 9.08. The first-order valence-corrected chi connectivity index (χ1v) is 26.2. The molecular weight excluding hydrogens is 825 g/mol. The van der Waals surface area contributed by atoms with Crippen molar-refractivity contribution < 1.29 is 0 Å². The summed E-state index contributed by atoms with van der Waals surface area (Å²) in [5.41, 5.74) is 18.9. The Morgan fingerprint density at radius 1 is 0.235 bits per heavy atom. The second-order valence-corrected chi connectivity index (χ2v) is 16.4. The Balaban J connectivity index is 0.00000103. The molecule has 4 aromatic carbocycles. The van der Waals surface area contributed by atoms with Crippen LogP contribution in [-0.2, 0) is 25.7 Å². The van der Waals surface area contributed by atoms with Crippen molar-refractivity contribution in [2.24, 2.45) is 0 Å². The Hall–Kier alpha value is -6.52. The molecule has 0 aliphatic carbocycles. The van der Waals surface area contributed by atoms with E-state index in [-0.39, 0.29) is 0 Å². The summed E-state index contributed by atoms with van der Waals surface area (Å²) in [5.74, 6) is 0. The number of benzene rings is 4. The summed E-state index contributed by atoms with van der Waals surface area (Å²) in [6.07, 6.45) is 8.76.